The molecule has 2 heterocycles. The second-order valence-corrected chi connectivity index (χ2v) is 6.74. The first-order chi connectivity index (χ1) is 13.8. The van der Waals surface area contributed by atoms with E-state index in [4.69, 9.17) is 22.7 Å². The minimum absolute atomic E-state index is 0.0462. The van der Waals surface area contributed by atoms with E-state index in [-0.39, 0.29) is 5.69 Å². The lowest BCUT2D eigenvalue weighted by Crippen LogP contribution is -2.24. The molecule has 0 saturated heterocycles. The van der Waals surface area contributed by atoms with Gasteiger partial charge < -0.3 is 5.73 Å². The number of nitrogens with one attached hydrogen (secondary N) is 2. The number of hydrogen-bond acceptors (Lipinski definition) is 4. The highest BCUT2D eigenvalue weighted by molar-refractivity contribution is 6.30. The lowest BCUT2D eigenvalue weighted by atomic mass is 9.95. The van der Waals surface area contributed by atoms with Gasteiger partial charge >= 0.3 is 6.18 Å². The second kappa shape index (κ2) is 6.89. The van der Waals surface area contributed by atoms with Gasteiger partial charge in [-0.2, -0.15) is 18.3 Å². The van der Waals surface area contributed by atoms with Crippen molar-refractivity contribution in [2.24, 2.45) is 5.73 Å². The Bertz CT molecular complexity index is 1270. The number of H-pyrrole nitrogens is 1. The molecule has 4 rings (SSSR count). The largest absolute Gasteiger partial charge is 0.433 e. The third kappa shape index (κ3) is 3.31. The molecule has 0 aliphatic heterocycles. The van der Waals surface area contributed by atoms with Gasteiger partial charge in [0, 0.05) is 27.6 Å². The third-order valence-electron chi connectivity index (χ3n) is 4.54. The maximum atomic E-state index is 13.1. The fourth-order valence-electron chi connectivity index (χ4n) is 3.20. The van der Waals surface area contributed by atoms with Crippen molar-refractivity contribution in [1.82, 2.24) is 15.2 Å². The number of allylic oxidation sites excluding steroid dienone is 1. The van der Waals surface area contributed by atoms with Crippen LogP contribution in [-0.2, 0) is 0 Å². The van der Waals surface area contributed by atoms with Gasteiger partial charge in [-0.1, -0.05) is 23.7 Å². The van der Waals surface area contributed by atoms with Crippen LogP contribution >= 0.6 is 11.6 Å². The molecular weight excluding hydrogens is 403 g/mol. The number of pyridine rings is 1. The van der Waals surface area contributed by atoms with Crippen molar-refractivity contribution >= 4 is 44.7 Å². The standard InChI is InChI=1S/C20H13ClF3N5/c21-11-3-1-10(2-4-11)12-7-17(13(8-25)19(26)20(22,23)24)28-16-6-5-15-14(18(12)16)9-27-29-15/h1-9,26H,25H2,(H,27,29)/b13-8-,26-19?. The molecule has 0 radical (unpaired) electrons. The zero-order valence-electron chi connectivity index (χ0n) is 14.7. The summed E-state index contributed by atoms with van der Waals surface area (Å²) in [4.78, 5) is 4.36. The smallest absolute Gasteiger partial charge is 0.404 e. The summed E-state index contributed by atoms with van der Waals surface area (Å²) in [5.41, 5.74) is 5.93. The monoisotopic (exact) mass is 415 g/mol. The summed E-state index contributed by atoms with van der Waals surface area (Å²) in [7, 11) is 0. The number of nitrogens with two attached hydrogens (primary N) is 1. The summed E-state index contributed by atoms with van der Waals surface area (Å²) >= 11 is 5.98. The third-order valence-corrected chi connectivity index (χ3v) is 4.80. The van der Waals surface area contributed by atoms with Crippen LogP contribution in [0.25, 0.3) is 38.5 Å². The first-order valence-electron chi connectivity index (χ1n) is 8.41. The topological polar surface area (TPSA) is 91.4 Å². The Kier molecular flexibility index (Phi) is 4.50. The van der Waals surface area contributed by atoms with Crippen LogP contribution in [0.2, 0.25) is 5.02 Å². The molecule has 0 unspecified atom stereocenters. The summed E-state index contributed by atoms with van der Waals surface area (Å²) in [5, 5.41) is 16.4. The van der Waals surface area contributed by atoms with Crippen LogP contribution < -0.4 is 5.73 Å². The van der Waals surface area contributed by atoms with Gasteiger partial charge in [0.25, 0.3) is 0 Å². The molecule has 4 aromatic rings. The van der Waals surface area contributed by atoms with E-state index in [2.05, 4.69) is 15.2 Å². The number of benzene rings is 2. The highest BCUT2D eigenvalue weighted by Gasteiger charge is 2.37. The summed E-state index contributed by atoms with van der Waals surface area (Å²) in [6, 6.07) is 11.8. The van der Waals surface area contributed by atoms with Gasteiger partial charge in [-0.15, -0.1) is 0 Å². The average Bonchev–Trinajstić information content (AvgIpc) is 3.16. The molecule has 2 aromatic heterocycles. The number of halogens is 4. The number of hydrogen-bond donors (Lipinski definition) is 3. The Balaban J connectivity index is 2.05. The number of aromatic nitrogens is 3. The molecule has 0 saturated carbocycles. The molecule has 0 amide bonds. The van der Waals surface area contributed by atoms with Gasteiger partial charge in [-0.05, 0) is 41.5 Å². The first kappa shape index (κ1) is 18.9. The molecule has 4 N–H and O–H groups in total. The number of aromatic amines is 1. The van der Waals surface area contributed by atoms with Crippen LogP contribution in [0.15, 0.2) is 54.9 Å². The Labute approximate surface area is 167 Å². The lowest BCUT2D eigenvalue weighted by molar-refractivity contribution is -0.0578. The molecule has 0 fully saturated rings. The Morgan fingerprint density at radius 2 is 1.86 bits per heavy atom. The quantitative estimate of drug-likeness (QED) is 0.396. The van der Waals surface area contributed by atoms with E-state index in [1.54, 1.807) is 42.6 Å². The molecule has 0 atom stereocenters. The van der Waals surface area contributed by atoms with Crippen molar-refractivity contribution in [3.63, 3.8) is 0 Å². The Morgan fingerprint density at radius 1 is 1.14 bits per heavy atom. The molecule has 146 valence electrons. The maximum absolute atomic E-state index is 13.1. The van der Waals surface area contributed by atoms with E-state index in [0.29, 0.717) is 16.1 Å². The summed E-state index contributed by atoms with van der Waals surface area (Å²) in [5.74, 6) is 0. The van der Waals surface area contributed by atoms with Gasteiger partial charge in [-0.3, -0.25) is 10.5 Å². The van der Waals surface area contributed by atoms with Crippen LogP contribution in [-0.4, -0.2) is 27.1 Å². The number of fused-ring (bicyclic) bond motifs is 3. The molecule has 0 aliphatic rings. The predicted octanol–water partition coefficient (Wildman–Crippen LogP) is 5.31. The van der Waals surface area contributed by atoms with Crippen LogP contribution in [0.1, 0.15) is 5.69 Å². The van der Waals surface area contributed by atoms with Crippen molar-refractivity contribution < 1.29 is 13.2 Å². The fraction of sp³-hybridized carbons (Fsp3) is 0.0500. The van der Waals surface area contributed by atoms with Crippen LogP contribution in [0.4, 0.5) is 13.2 Å². The number of alkyl halides is 3. The molecular formula is C20H13ClF3N5. The van der Waals surface area contributed by atoms with Crippen molar-refractivity contribution in [1.29, 1.82) is 5.41 Å². The van der Waals surface area contributed by atoms with Gasteiger partial charge in [-0.25, -0.2) is 4.98 Å². The normalized spacial score (nSPS) is 12.6. The van der Waals surface area contributed by atoms with Gasteiger partial charge in [0.05, 0.1) is 22.9 Å². The van der Waals surface area contributed by atoms with Crippen molar-refractivity contribution in [3.8, 4) is 11.1 Å². The fourth-order valence-corrected chi connectivity index (χ4v) is 3.32. The van der Waals surface area contributed by atoms with E-state index in [0.717, 1.165) is 28.1 Å². The molecule has 5 nitrogen and oxygen atoms in total. The van der Waals surface area contributed by atoms with Crippen molar-refractivity contribution in [3.05, 3.63) is 65.6 Å². The Morgan fingerprint density at radius 3 is 2.52 bits per heavy atom. The lowest BCUT2D eigenvalue weighted by Gasteiger charge is -2.15. The van der Waals surface area contributed by atoms with Gasteiger partial charge in [0.15, 0.2) is 0 Å². The van der Waals surface area contributed by atoms with Crippen molar-refractivity contribution in [2.45, 2.75) is 6.18 Å². The van der Waals surface area contributed by atoms with E-state index >= 15 is 0 Å². The zero-order valence-corrected chi connectivity index (χ0v) is 15.4. The second-order valence-electron chi connectivity index (χ2n) is 6.31. The van der Waals surface area contributed by atoms with Gasteiger partial charge in [0.1, 0.15) is 5.71 Å². The first-order valence-corrected chi connectivity index (χ1v) is 8.78. The summed E-state index contributed by atoms with van der Waals surface area (Å²) < 4.78 is 39.4. The minimum Gasteiger partial charge on any atom is -0.404 e. The van der Waals surface area contributed by atoms with Crippen LogP contribution in [0.3, 0.4) is 0 Å². The zero-order chi connectivity index (χ0) is 20.8. The van der Waals surface area contributed by atoms with Crippen LogP contribution in [0.5, 0.6) is 0 Å². The molecule has 2 aromatic carbocycles. The maximum Gasteiger partial charge on any atom is 0.433 e. The molecule has 29 heavy (non-hydrogen) atoms. The summed E-state index contributed by atoms with van der Waals surface area (Å²) in [6.45, 7) is 0. The highest BCUT2D eigenvalue weighted by atomic mass is 35.5. The average molecular weight is 416 g/mol. The molecule has 9 heteroatoms. The van der Waals surface area contributed by atoms with E-state index < -0.39 is 17.5 Å². The van der Waals surface area contributed by atoms with Crippen LogP contribution in [0, 0.1) is 5.41 Å². The minimum atomic E-state index is -4.85. The predicted molar refractivity (Wildman–Crippen MR) is 108 cm³/mol. The SMILES string of the molecule is N=C(/C(=C\N)c1cc(-c2ccc(Cl)cc2)c2c(ccc3[nH]ncc32)n1)C(F)(F)F. The Hall–Kier alpha value is -3.39. The molecule has 0 aliphatic carbocycles. The number of nitrogens with zero attached hydrogens (tertiary/aromatic N) is 2. The van der Waals surface area contributed by atoms with Gasteiger partial charge in [0.2, 0.25) is 0 Å². The van der Waals surface area contributed by atoms with E-state index in [1.807, 2.05) is 0 Å². The number of rotatable bonds is 3. The van der Waals surface area contributed by atoms with Crippen molar-refractivity contribution in [2.75, 3.05) is 0 Å². The highest BCUT2D eigenvalue weighted by Crippen LogP contribution is 2.36. The van der Waals surface area contributed by atoms with E-state index in [9.17, 15) is 13.2 Å². The molecule has 0 spiro atoms. The molecule has 0 bridgehead atoms. The summed E-state index contributed by atoms with van der Waals surface area (Å²) in [6.07, 6.45) is -2.46. The van der Waals surface area contributed by atoms with E-state index in [1.165, 1.54) is 6.07 Å².